The molecule has 3 rings (SSSR count). The van der Waals surface area contributed by atoms with Gasteiger partial charge in [0.15, 0.2) is 11.5 Å². The number of carbonyl (C=O) groups is 1. The Labute approximate surface area is 174 Å². The summed E-state index contributed by atoms with van der Waals surface area (Å²) in [6.45, 7) is 4.00. The SMILES string of the molecule is CCOC(=O)CCOc1ccc2c(=O)c(-c3ccc(OC)c(OC)c3)c(C)oc2c1. The van der Waals surface area contributed by atoms with Crippen LogP contribution in [0.5, 0.6) is 17.2 Å². The Morgan fingerprint density at radius 3 is 2.50 bits per heavy atom. The minimum Gasteiger partial charge on any atom is -0.493 e. The summed E-state index contributed by atoms with van der Waals surface area (Å²) in [5.41, 5.74) is 1.39. The molecule has 7 nitrogen and oxygen atoms in total. The molecular formula is C23H24O7. The van der Waals surface area contributed by atoms with Crippen LogP contribution in [0.1, 0.15) is 19.1 Å². The van der Waals surface area contributed by atoms with Gasteiger partial charge in [-0.1, -0.05) is 6.07 Å². The van der Waals surface area contributed by atoms with Crippen LogP contribution in [0.3, 0.4) is 0 Å². The Hall–Kier alpha value is -3.48. The van der Waals surface area contributed by atoms with Crippen LogP contribution in [0.25, 0.3) is 22.1 Å². The minimum absolute atomic E-state index is 0.146. The van der Waals surface area contributed by atoms with E-state index >= 15 is 0 Å². The highest BCUT2D eigenvalue weighted by molar-refractivity contribution is 5.84. The van der Waals surface area contributed by atoms with E-state index in [1.54, 1.807) is 64.5 Å². The molecule has 0 bridgehead atoms. The van der Waals surface area contributed by atoms with E-state index in [2.05, 4.69) is 0 Å². The quantitative estimate of drug-likeness (QED) is 0.515. The average molecular weight is 412 g/mol. The van der Waals surface area contributed by atoms with E-state index < -0.39 is 0 Å². The van der Waals surface area contributed by atoms with Gasteiger partial charge in [0.2, 0.25) is 5.43 Å². The van der Waals surface area contributed by atoms with E-state index in [-0.39, 0.29) is 24.4 Å². The maximum atomic E-state index is 13.2. The number of esters is 1. The lowest BCUT2D eigenvalue weighted by atomic mass is 10.0. The fourth-order valence-electron chi connectivity index (χ4n) is 3.19. The number of methoxy groups -OCH3 is 2. The van der Waals surface area contributed by atoms with Crippen molar-refractivity contribution in [3.8, 4) is 28.4 Å². The predicted molar refractivity (Wildman–Crippen MR) is 113 cm³/mol. The molecule has 1 aromatic heterocycles. The first-order valence-corrected chi connectivity index (χ1v) is 9.56. The third-order valence-electron chi connectivity index (χ3n) is 4.59. The lowest BCUT2D eigenvalue weighted by molar-refractivity contribution is -0.143. The molecule has 0 aliphatic carbocycles. The number of fused-ring (bicyclic) bond motifs is 1. The third-order valence-corrected chi connectivity index (χ3v) is 4.59. The van der Waals surface area contributed by atoms with Crippen molar-refractivity contribution in [1.82, 2.24) is 0 Å². The van der Waals surface area contributed by atoms with Crippen molar-refractivity contribution in [3.63, 3.8) is 0 Å². The summed E-state index contributed by atoms with van der Waals surface area (Å²) in [7, 11) is 3.10. The molecular weight excluding hydrogens is 388 g/mol. The summed E-state index contributed by atoms with van der Waals surface area (Å²) in [6, 6.07) is 10.3. The largest absolute Gasteiger partial charge is 0.493 e. The van der Waals surface area contributed by atoms with Crippen LogP contribution in [0, 0.1) is 6.92 Å². The van der Waals surface area contributed by atoms with Crippen LogP contribution in [-0.2, 0) is 9.53 Å². The zero-order valence-electron chi connectivity index (χ0n) is 17.4. The summed E-state index contributed by atoms with van der Waals surface area (Å²) < 4.78 is 27.0. The smallest absolute Gasteiger partial charge is 0.309 e. The zero-order chi connectivity index (χ0) is 21.7. The van der Waals surface area contributed by atoms with E-state index in [4.69, 9.17) is 23.4 Å². The summed E-state index contributed by atoms with van der Waals surface area (Å²) in [4.78, 5) is 24.6. The van der Waals surface area contributed by atoms with Crippen LogP contribution in [0.2, 0.25) is 0 Å². The van der Waals surface area contributed by atoms with Gasteiger partial charge in [-0.2, -0.15) is 0 Å². The molecule has 158 valence electrons. The van der Waals surface area contributed by atoms with Crippen molar-refractivity contribution in [3.05, 3.63) is 52.4 Å². The maximum Gasteiger partial charge on any atom is 0.309 e. The molecule has 0 unspecified atom stereocenters. The van der Waals surface area contributed by atoms with Gasteiger partial charge in [-0.05, 0) is 43.7 Å². The van der Waals surface area contributed by atoms with Gasteiger partial charge in [0, 0.05) is 6.07 Å². The molecule has 30 heavy (non-hydrogen) atoms. The minimum atomic E-state index is -0.319. The molecule has 0 amide bonds. The van der Waals surface area contributed by atoms with Crippen LogP contribution in [0.4, 0.5) is 0 Å². The highest BCUT2D eigenvalue weighted by Crippen LogP contribution is 2.33. The van der Waals surface area contributed by atoms with E-state index in [1.165, 1.54) is 0 Å². The number of carbonyl (C=O) groups excluding carboxylic acids is 1. The Balaban J connectivity index is 1.92. The van der Waals surface area contributed by atoms with Gasteiger partial charge in [-0.25, -0.2) is 0 Å². The van der Waals surface area contributed by atoms with Gasteiger partial charge in [-0.3, -0.25) is 9.59 Å². The fraction of sp³-hybridized carbons (Fsp3) is 0.304. The molecule has 1 heterocycles. The maximum absolute atomic E-state index is 13.2. The summed E-state index contributed by atoms with van der Waals surface area (Å²) in [5.74, 6) is 1.77. The van der Waals surface area contributed by atoms with Crippen LogP contribution in [-0.4, -0.2) is 33.4 Å². The summed E-state index contributed by atoms with van der Waals surface area (Å²) >= 11 is 0. The second-order valence-electron chi connectivity index (χ2n) is 6.49. The number of hydrogen-bond acceptors (Lipinski definition) is 7. The first kappa shape index (κ1) is 21.2. The van der Waals surface area contributed by atoms with E-state index in [9.17, 15) is 9.59 Å². The van der Waals surface area contributed by atoms with Crippen LogP contribution in [0.15, 0.2) is 45.6 Å². The Morgan fingerprint density at radius 2 is 1.80 bits per heavy atom. The van der Waals surface area contributed by atoms with Crippen LogP contribution < -0.4 is 19.6 Å². The number of rotatable bonds is 8. The van der Waals surface area contributed by atoms with Gasteiger partial charge in [-0.15, -0.1) is 0 Å². The van der Waals surface area contributed by atoms with Crippen molar-refractivity contribution in [2.75, 3.05) is 27.4 Å². The molecule has 0 saturated carbocycles. The Bertz CT molecular complexity index is 1110. The molecule has 0 N–H and O–H groups in total. The molecule has 0 aliphatic heterocycles. The molecule has 2 aromatic carbocycles. The molecule has 7 heteroatoms. The van der Waals surface area contributed by atoms with Crippen molar-refractivity contribution in [1.29, 1.82) is 0 Å². The van der Waals surface area contributed by atoms with Crippen LogP contribution >= 0.6 is 0 Å². The number of hydrogen-bond donors (Lipinski definition) is 0. The molecule has 0 saturated heterocycles. The highest BCUT2D eigenvalue weighted by Gasteiger charge is 2.16. The Morgan fingerprint density at radius 1 is 1.03 bits per heavy atom. The van der Waals surface area contributed by atoms with Crippen molar-refractivity contribution < 1.29 is 28.2 Å². The molecule has 0 spiro atoms. The fourth-order valence-corrected chi connectivity index (χ4v) is 3.19. The number of ether oxygens (including phenoxy) is 4. The average Bonchev–Trinajstić information content (AvgIpc) is 2.73. The van der Waals surface area contributed by atoms with E-state index in [0.29, 0.717) is 51.7 Å². The molecule has 0 radical (unpaired) electrons. The lowest BCUT2D eigenvalue weighted by Gasteiger charge is -2.12. The normalized spacial score (nSPS) is 10.7. The predicted octanol–water partition coefficient (Wildman–Crippen LogP) is 4.12. The standard InChI is InChI=1S/C23H24O7/c1-5-28-21(24)10-11-29-16-7-8-17-19(13-16)30-14(2)22(23(17)25)15-6-9-18(26-3)20(12-15)27-4/h6-9,12-13H,5,10-11H2,1-4H3. The first-order valence-electron chi connectivity index (χ1n) is 9.56. The topological polar surface area (TPSA) is 84.2 Å². The molecule has 0 atom stereocenters. The Kier molecular flexibility index (Phi) is 6.61. The first-order chi connectivity index (χ1) is 14.5. The van der Waals surface area contributed by atoms with Gasteiger partial charge in [0.05, 0.1) is 44.8 Å². The number of aryl methyl sites for hydroxylation is 1. The highest BCUT2D eigenvalue weighted by atomic mass is 16.5. The number of benzene rings is 2. The second kappa shape index (κ2) is 9.35. The third kappa shape index (κ3) is 4.40. The van der Waals surface area contributed by atoms with Crippen molar-refractivity contribution >= 4 is 16.9 Å². The lowest BCUT2D eigenvalue weighted by Crippen LogP contribution is -2.10. The summed E-state index contributed by atoms with van der Waals surface area (Å²) in [5, 5.41) is 0.433. The van der Waals surface area contributed by atoms with Gasteiger partial charge < -0.3 is 23.4 Å². The molecule has 3 aromatic rings. The zero-order valence-corrected chi connectivity index (χ0v) is 17.4. The van der Waals surface area contributed by atoms with Gasteiger partial charge in [0.25, 0.3) is 0 Å². The van der Waals surface area contributed by atoms with Crippen molar-refractivity contribution in [2.24, 2.45) is 0 Å². The second-order valence-corrected chi connectivity index (χ2v) is 6.49. The van der Waals surface area contributed by atoms with Gasteiger partial charge in [0.1, 0.15) is 17.1 Å². The van der Waals surface area contributed by atoms with Gasteiger partial charge >= 0.3 is 5.97 Å². The monoisotopic (exact) mass is 412 g/mol. The van der Waals surface area contributed by atoms with E-state index in [1.807, 2.05) is 0 Å². The molecule has 0 aliphatic rings. The summed E-state index contributed by atoms with van der Waals surface area (Å²) in [6.07, 6.45) is 0.146. The van der Waals surface area contributed by atoms with Crippen molar-refractivity contribution in [2.45, 2.75) is 20.3 Å². The molecule has 0 fully saturated rings. The van der Waals surface area contributed by atoms with E-state index in [0.717, 1.165) is 0 Å².